The Kier molecular flexibility index (Phi) is 10.6. The third-order valence-corrected chi connectivity index (χ3v) is 1.30. The number of carbonyl (C=O) groups excluding carboxylic acids is 2. The van der Waals surface area contributed by atoms with E-state index in [0.29, 0.717) is 12.7 Å². The van der Waals surface area contributed by atoms with E-state index in [1.54, 1.807) is 6.92 Å². The number of rotatable bonds is 4. The first-order valence-corrected chi connectivity index (χ1v) is 4.26. The minimum atomic E-state index is -1.49. The third-order valence-electron chi connectivity index (χ3n) is 1.30. The monoisotopic (exact) mass is 190 g/mol. The quantitative estimate of drug-likeness (QED) is 0.496. The summed E-state index contributed by atoms with van der Waals surface area (Å²) >= 11 is 0. The molecule has 0 radical (unpaired) electrons. The molecule has 4 heteroatoms. The van der Waals surface area contributed by atoms with Crippen LogP contribution in [-0.4, -0.2) is 29.1 Å². The molecule has 0 aliphatic rings. The molecule has 0 fully saturated rings. The van der Waals surface area contributed by atoms with Crippen molar-refractivity contribution in [3.63, 3.8) is 0 Å². The molecule has 0 saturated heterocycles. The zero-order valence-electron chi connectivity index (χ0n) is 8.30. The standard InChI is InChI=1S/C5H10O3.C4H8O/c1-2-4(3-6)5(7)8;1-4(2)3-5/h3-5,7-8H,2H2,1H3;3-4H,1-2H3. The summed E-state index contributed by atoms with van der Waals surface area (Å²) in [6.07, 6.45) is 0.448. The van der Waals surface area contributed by atoms with Crippen LogP contribution in [0.2, 0.25) is 0 Å². The van der Waals surface area contributed by atoms with Gasteiger partial charge in [0.1, 0.15) is 12.6 Å². The summed E-state index contributed by atoms with van der Waals surface area (Å²) in [4.78, 5) is 19.4. The predicted molar refractivity (Wildman–Crippen MR) is 49.0 cm³/mol. The Balaban J connectivity index is 0. The van der Waals surface area contributed by atoms with Gasteiger partial charge in [-0.25, -0.2) is 0 Å². The highest BCUT2D eigenvalue weighted by Crippen LogP contribution is 2.00. The van der Waals surface area contributed by atoms with E-state index in [2.05, 4.69) is 0 Å². The van der Waals surface area contributed by atoms with Crippen molar-refractivity contribution < 1.29 is 19.8 Å². The van der Waals surface area contributed by atoms with Gasteiger partial charge in [0.2, 0.25) is 0 Å². The lowest BCUT2D eigenvalue weighted by molar-refractivity contribution is -0.128. The minimum Gasteiger partial charge on any atom is -0.368 e. The van der Waals surface area contributed by atoms with Crippen molar-refractivity contribution in [1.29, 1.82) is 0 Å². The maximum absolute atomic E-state index is 9.86. The van der Waals surface area contributed by atoms with Crippen molar-refractivity contribution in [1.82, 2.24) is 0 Å². The number of hydrogen-bond donors (Lipinski definition) is 2. The summed E-state index contributed by atoms with van der Waals surface area (Å²) in [5.74, 6) is -0.412. The van der Waals surface area contributed by atoms with Gasteiger partial charge in [-0.1, -0.05) is 20.8 Å². The molecule has 4 nitrogen and oxygen atoms in total. The Morgan fingerprint density at radius 1 is 1.15 bits per heavy atom. The Hall–Kier alpha value is -0.740. The van der Waals surface area contributed by atoms with E-state index in [9.17, 15) is 9.59 Å². The van der Waals surface area contributed by atoms with Gasteiger partial charge in [0.25, 0.3) is 0 Å². The van der Waals surface area contributed by atoms with Gasteiger partial charge in [0.15, 0.2) is 6.29 Å². The molecule has 78 valence electrons. The topological polar surface area (TPSA) is 74.6 Å². The van der Waals surface area contributed by atoms with Crippen LogP contribution < -0.4 is 0 Å². The second-order valence-corrected chi connectivity index (χ2v) is 3.00. The molecule has 0 aliphatic heterocycles. The van der Waals surface area contributed by atoms with Crippen LogP contribution in [0.15, 0.2) is 0 Å². The van der Waals surface area contributed by atoms with Crippen LogP contribution in [-0.2, 0) is 9.59 Å². The fraction of sp³-hybridized carbons (Fsp3) is 0.778. The highest BCUT2D eigenvalue weighted by atomic mass is 16.5. The Labute approximate surface area is 78.6 Å². The summed E-state index contributed by atoms with van der Waals surface area (Å²) in [5, 5.41) is 16.7. The molecule has 0 aromatic carbocycles. The van der Waals surface area contributed by atoms with E-state index < -0.39 is 12.2 Å². The SMILES string of the molecule is CC(C)C=O.CCC(C=O)C(O)O. The summed E-state index contributed by atoms with van der Waals surface area (Å²) < 4.78 is 0. The van der Waals surface area contributed by atoms with Crippen molar-refractivity contribution in [2.75, 3.05) is 0 Å². The predicted octanol–water partition coefficient (Wildman–Crippen LogP) is 0.363. The molecule has 0 bridgehead atoms. The average Bonchev–Trinajstić information content (AvgIpc) is 2.07. The van der Waals surface area contributed by atoms with Crippen LogP contribution in [0.1, 0.15) is 27.2 Å². The van der Waals surface area contributed by atoms with E-state index in [1.165, 1.54) is 0 Å². The minimum absolute atomic E-state index is 0.204. The summed E-state index contributed by atoms with van der Waals surface area (Å²) in [7, 11) is 0. The number of carbonyl (C=O) groups is 2. The molecule has 2 N–H and O–H groups in total. The van der Waals surface area contributed by atoms with Gasteiger partial charge in [0.05, 0.1) is 5.92 Å². The average molecular weight is 190 g/mol. The first-order chi connectivity index (χ1) is 5.99. The highest BCUT2D eigenvalue weighted by molar-refractivity contribution is 5.53. The molecular formula is C9H18O4. The lowest BCUT2D eigenvalue weighted by atomic mass is 10.1. The number of aliphatic hydroxyl groups is 2. The Morgan fingerprint density at radius 2 is 1.54 bits per heavy atom. The normalized spacial score (nSPS) is 11.9. The molecule has 0 saturated carbocycles. The second kappa shape index (κ2) is 9.35. The number of aldehydes is 2. The van der Waals surface area contributed by atoms with Crippen molar-refractivity contribution in [3.05, 3.63) is 0 Å². The molecule has 0 aromatic rings. The fourth-order valence-electron chi connectivity index (χ4n) is 0.377. The van der Waals surface area contributed by atoms with E-state index in [-0.39, 0.29) is 5.92 Å². The molecule has 1 atom stereocenters. The van der Waals surface area contributed by atoms with Crippen molar-refractivity contribution in [3.8, 4) is 0 Å². The van der Waals surface area contributed by atoms with E-state index in [1.807, 2.05) is 13.8 Å². The first kappa shape index (κ1) is 14.8. The van der Waals surface area contributed by atoms with Crippen LogP contribution in [0, 0.1) is 11.8 Å². The molecule has 0 aliphatic carbocycles. The summed E-state index contributed by atoms with van der Waals surface area (Å²) in [5.41, 5.74) is 0. The van der Waals surface area contributed by atoms with Gasteiger partial charge in [-0.05, 0) is 6.42 Å². The molecular weight excluding hydrogens is 172 g/mol. The fourth-order valence-corrected chi connectivity index (χ4v) is 0.377. The lowest BCUT2D eigenvalue weighted by Crippen LogP contribution is -2.19. The maximum atomic E-state index is 9.86. The van der Waals surface area contributed by atoms with E-state index in [0.717, 1.165) is 6.29 Å². The molecule has 13 heavy (non-hydrogen) atoms. The zero-order valence-corrected chi connectivity index (χ0v) is 8.30. The summed E-state index contributed by atoms with van der Waals surface area (Å²) in [6.45, 7) is 5.43. The van der Waals surface area contributed by atoms with Crippen LogP contribution in [0.4, 0.5) is 0 Å². The molecule has 0 heterocycles. The smallest absolute Gasteiger partial charge is 0.160 e. The van der Waals surface area contributed by atoms with E-state index >= 15 is 0 Å². The molecule has 0 spiro atoms. The summed E-state index contributed by atoms with van der Waals surface area (Å²) in [6, 6.07) is 0. The van der Waals surface area contributed by atoms with E-state index in [4.69, 9.17) is 10.2 Å². The Morgan fingerprint density at radius 3 is 1.54 bits per heavy atom. The molecule has 0 amide bonds. The lowest BCUT2D eigenvalue weighted by Gasteiger charge is -2.07. The van der Waals surface area contributed by atoms with Crippen molar-refractivity contribution >= 4 is 12.6 Å². The Bertz CT molecular complexity index is 132. The van der Waals surface area contributed by atoms with Crippen LogP contribution in [0.3, 0.4) is 0 Å². The van der Waals surface area contributed by atoms with Gasteiger partial charge in [-0.2, -0.15) is 0 Å². The van der Waals surface area contributed by atoms with Crippen molar-refractivity contribution in [2.24, 2.45) is 11.8 Å². The largest absolute Gasteiger partial charge is 0.368 e. The molecule has 0 rings (SSSR count). The van der Waals surface area contributed by atoms with Gasteiger partial charge < -0.3 is 19.8 Å². The third kappa shape index (κ3) is 11.3. The van der Waals surface area contributed by atoms with Gasteiger partial charge in [-0.3, -0.25) is 0 Å². The first-order valence-electron chi connectivity index (χ1n) is 4.26. The second-order valence-electron chi connectivity index (χ2n) is 3.00. The molecule has 0 aromatic heterocycles. The van der Waals surface area contributed by atoms with Crippen LogP contribution in [0.5, 0.6) is 0 Å². The maximum Gasteiger partial charge on any atom is 0.160 e. The van der Waals surface area contributed by atoms with Gasteiger partial charge >= 0.3 is 0 Å². The number of aliphatic hydroxyl groups excluding tert-OH is 1. The van der Waals surface area contributed by atoms with Crippen LogP contribution in [0.25, 0.3) is 0 Å². The van der Waals surface area contributed by atoms with Crippen LogP contribution >= 0.6 is 0 Å². The number of hydrogen-bond acceptors (Lipinski definition) is 4. The molecule has 1 unspecified atom stereocenters. The van der Waals surface area contributed by atoms with Gasteiger partial charge in [0, 0.05) is 5.92 Å². The van der Waals surface area contributed by atoms with Crippen molar-refractivity contribution in [2.45, 2.75) is 33.5 Å². The zero-order chi connectivity index (χ0) is 10.9. The highest BCUT2D eigenvalue weighted by Gasteiger charge is 2.11. The van der Waals surface area contributed by atoms with Gasteiger partial charge in [-0.15, -0.1) is 0 Å².